The maximum Gasteiger partial charge on any atom is 0.210 e. The van der Waals surface area contributed by atoms with E-state index in [0.29, 0.717) is 0 Å². The normalized spacial score (nSPS) is 20.3. The average molecular weight is 98.1 g/mol. The van der Waals surface area contributed by atoms with Gasteiger partial charge in [0.25, 0.3) is 0 Å². The van der Waals surface area contributed by atoms with Gasteiger partial charge in [0.05, 0.1) is 6.54 Å². The van der Waals surface area contributed by atoms with Crippen LogP contribution in [0.5, 0.6) is 0 Å². The van der Waals surface area contributed by atoms with Crippen molar-refractivity contribution in [2.24, 2.45) is 0 Å². The molecular weight excluding hydrogens is 90.1 g/mol. The van der Waals surface area contributed by atoms with Gasteiger partial charge in [-0.3, -0.25) is 4.79 Å². The minimum Gasteiger partial charge on any atom is -0.340 e. The topological polar surface area (TPSA) is 20.3 Å². The molecule has 7 heavy (non-hydrogen) atoms. The number of carbonyl (C=O) groups excluding carboxylic acids is 1. The molecule has 1 aliphatic heterocycles. The summed E-state index contributed by atoms with van der Waals surface area (Å²) in [5, 5.41) is 0. The van der Waals surface area contributed by atoms with E-state index in [9.17, 15) is 4.79 Å². The van der Waals surface area contributed by atoms with Crippen LogP contribution in [-0.4, -0.2) is 17.9 Å². The van der Waals surface area contributed by atoms with Crippen molar-refractivity contribution in [2.75, 3.05) is 6.54 Å². The Kier molecular flexibility index (Phi) is 1.29. The van der Waals surface area contributed by atoms with Crippen molar-refractivity contribution in [1.29, 1.82) is 0 Å². The van der Waals surface area contributed by atoms with Crippen LogP contribution in [0.3, 0.4) is 0 Å². The Labute approximate surface area is 43.1 Å². The van der Waals surface area contributed by atoms with Gasteiger partial charge < -0.3 is 4.90 Å². The molecule has 0 bridgehead atoms. The molecule has 39 valence electrons. The molecular formula is C5H8NO. The predicted octanol–water partition coefficient (Wildman–Crippen LogP) is 0.400. The molecule has 2 heteroatoms. The van der Waals surface area contributed by atoms with Gasteiger partial charge in [0.2, 0.25) is 6.41 Å². The minimum atomic E-state index is 0.868. The second-order valence-corrected chi connectivity index (χ2v) is 1.67. The van der Waals surface area contributed by atoms with E-state index in [4.69, 9.17) is 0 Å². The van der Waals surface area contributed by atoms with Crippen molar-refractivity contribution >= 4 is 6.41 Å². The fourth-order valence-corrected chi connectivity index (χ4v) is 0.718. The Morgan fingerprint density at radius 3 is 2.86 bits per heavy atom. The second-order valence-electron chi connectivity index (χ2n) is 1.67. The Bertz CT molecular complexity index is 66.5. The molecule has 1 amide bonds. The first kappa shape index (κ1) is 4.62. The van der Waals surface area contributed by atoms with Crippen LogP contribution in [0, 0.1) is 6.54 Å². The van der Waals surface area contributed by atoms with Crippen molar-refractivity contribution in [3.63, 3.8) is 0 Å². The van der Waals surface area contributed by atoms with Crippen molar-refractivity contribution in [3.8, 4) is 0 Å². The zero-order valence-electron chi connectivity index (χ0n) is 4.13. The summed E-state index contributed by atoms with van der Waals surface area (Å²) in [5.41, 5.74) is 0. The molecule has 0 aromatic heterocycles. The number of amides is 1. The minimum absolute atomic E-state index is 0.868. The van der Waals surface area contributed by atoms with Gasteiger partial charge in [-0.2, -0.15) is 0 Å². The van der Waals surface area contributed by atoms with E-state index in [0.717, 1.165) is 25.8 Å². The highest BCUT2D eigenvalue weighted by Gasteiger charge is 2.07. The first-order chi connectivity index (χ1) is 3.43. The van der Waals surface area contributed by atoms with Gasteiger partial charge in [-0.25, -0.2) is 0 Å². The molecule has 1 rings (SSSR count). The second kappa shape index (κ2) is 1.96. The fourth-order valence-electron chi connectivity index (χ4n) is 0.718. The molecule has 1 aliphatic rings. The summed E-state index contributed by atoms with van der Waals surface area (Å²) in [7, 11) is 0. The summed E-state index contributed by atoms with van der Waals surface area (Å²) in [6, 6.07) is 0. The lowest BCUT2D eigenvalue weighted by atomic mass is 10.4. The van der Waals surface area contributed by atoms with Gasteiger partial charge in [0.1, 0.15) is 0 Å². The molecule has 1 radical (unpaired) electrons. The lowest BCUT2D eigenvalue weighted by Crippen LogP contribution is -2.11. The van der Waals surface area contributed by atoms with Crippen LogP contribution in [0.2, 0.25) is 0 Å². The van der Waals surface area contributed by atoms with Gasteiger partial charge in [-0.05, 0) is 12.8 Å². The van der Waals surface area contributed by atoms with E-state index >= 15 is 0 Å². The number of hydrogen-bond acceptors (Lipinski definition) is 1. The van der Waals surface area contributed by atoms with Crippen LogP contribution in [0.25, 0.3) is 0 Å². The van der Waals surface area contributed by atoms with E-state index in [1.165, 1.54) is 0 Å². The van der Waals surface area contributed by atoms with E-state index in [1.54, 1.807) is 4.90 Å². The highest BCUT2D eigenvalue weighted by Crippen LogP contribution is 2.07. The first-order valence-corrected chi connectivity index (χ1v) is 2.48. The van der Waals surface area contributed by atoms with Crippen LogP contribution in [-0.2, 0) is 4.79 Å². The smallest absolute Gasteiger partial charge is 0.210 e. The van der Waals surface area contributed by atoms with E-state index in [-0.39, 0.29) is 0 Å². The monoisotopic (exact) mass is 98.1 g/mol. The number of likely N-dealkylation sites (tertiary alicyclic amines) is 1. The molecule has 0 aromatic rings. The molecule has 0 saturated carbocycles. The van der Waals surface area contributed by atoms with Crippen molar-refractivity contribution in [3.05, 3.63) is 6.54 Å². The zero-order chi connectivity index (χ0) is 5.11. The van der Waals surface area contributed by atoms with E-state index < -0.39 is 0 Å². The maximum absolute atomic E-state index is 9.90. The van der Waals surface area contributed by atoms with Gasteiger partial charge >= 0.3 is 0 Å². The Balaban J connectivity index is 2.26. The molecule has 0 spiro atoms. The SMILES string of the molecule is O=CN1[CH]CCC1. The van der Waals surface area contributed by atoms with Gasteiger partial charge in [0, 0.05) is 6.54 Å². The highest BCUT2D eigenvalue weighted by atomic mass is 16.1. The molecule has 1 fully saturated rings. The van der Waals surface area contributed by atoms with Crippen molar-refractivity contribution in [1.82, 2.24) is 4.90 Å². The predicted molar refractivity (Wildman–Crippen MR) is 26.3 cm³/mol. The summed E-state index contributed by atoms with van der Waals surface area (Å²) in [6.07, 6.45) is 3.07. The number of hydrogen-bond donors (Lipinski definition) is 0. The highest BCUT2D eigenvalue weighted by molar-refractivity contribution is 5.48. The van der Waals surface area contributed by atoms with Crippen LogP contribution >= 0.6 is 0 Å². The average Bonchev–Trinajstić information content (AvgIpc) is 2.14. The lowest BCUT2D eigenvalue weighted by Gasteiger charge is -2.02. The third-order valence-corrected chi connectivity index (χ3v) is 1.12. The summed E-state index contributed by atoms with van der Waals surface area (Å²) < 4.78 is 0. The Hall–Kier alpha value is -0.530. The van der Waals surface area contributed by atoms with Crippen molar-refractivity contribution < 1.29 is 4.79 Å². The standard InChI is InChI=1S/C5H8NO/c7-5-6-3-1-2-4-6/h3,5H,1-2,4H2. The third kappa shape index (κ3) is 0.918. The van der Waals surface area contributed by atoms with Gasteiger partial charge in [-0.15, -0.1) is 0 Å². The Morgan fingerprint density at radius 2 is 2.57 bits per heavy atom. The number of nitrogens with zero attached hydrogens (tertiary/aromatic N) is 1. The Morgan fingerprint density at radius 1 is 1.71 bits per heavy atom. The summed E-state index contributed by atoms with van der Waals surface area (Å²) >= 11 is 0. The van der Waals surface area contributed by atoms with Crippen LogP contribution in [0.1, 0.15) is 12.8 Å². The quantitative estimate of drug-likeness (QED) is 0.435. The molecule has 0 N–H and O–H groups in total. The fraction of sp³-hybridized carbons (Fsp3) is 0.600. The zero-order valence-corrected chi connectivity index (χ0v) is 4.13. The maximum atomic E-state index is 9.90. The molecule has 1 saturated heterocycles. The summed E-state index contributed by atoms with van der Waals surface area (Å²) in [6.45, 7) is 2.84. The molecule has 2 nitrogen and oxygen atoms in total. The molecule has 0 aliphatic carbocycles. The van der Waals surface area contributed by atoms with E-state index in [2.05, 4.69) is 0 Å². The number of rotatable bonds is 1. The number of carbonyl (C=O) groups is 1. The summed E-state index contributed by atoms with van der Waals surface area (Å²) in [4.78, 5) is 11.6. The largest absolute Gasteiger partial charge is 0.340 e. The first-order valence-electron chi connectivity index (χ1n) is 2.48. The third-order valence-electron chi connectivity index (χ3n) is 1.12. The van der Waals surface area contributed by atoms with Crippen LogP contribution in [0.15, 0.2) is 0 Å². The van der Waals surface area contributed by atoms with E-state index in [1.807, 2.05) is 6.54 Å². The molecule has 0 atom stereocenters. The van der Waals surface area contributed by atoms with Gasteiger partial charge in [0.15, 0.2) is 0 Å². The van der Waals surface area contributed by atoms with Crippen molar-refractivity contribution in [2.45, 2.75) is 12.8 Å². The molecule has 1 heterocycles. The lowest BCUT2D eigenvalue weighted by molar-refractivity contribution is -0.116. The molecule has 0 aromatic carbocycles. The summed E-state index contributed by atoms with van der Waals surface area (Å²) in [5.74, 6) is 0. The van der Waals surface area contributed by atoms with Gasteiger partial charge in [-0.1, -0.05) is 0 Å². The molecule has 0 unspecified atom stereocenters. The van der Waals surface area contributed by atoms with Crippen LogP contribution in [0.4, 0.5) is 0 Å². The van der Waals surface area contributed by atoms with Crippen LogP contribution < -0.4 is 0 Å².